The van der Waals surface area contributed by atoms with Crippen LogP contribution in [0.15, 0.2) is 36.4 Å². The van der Waals surface area contributed by atoms with Crippen LogP contribution in [0.5, 0.6) is 11.5 Å². The number of methoxy groups -OCH3 is 1. The van der Waals surface area contributed by atoms with E-state index < -0.39 is 5.97 Å². The van der Waals surface area contributed by atoms with E-state index in [2.05, 4.69) is 16.3 Å². The van der Waals surface area contributed by atoms with E-state index in [1.54, 1.807) is 18.2 Å². The van der Waals surface area contributed by atoms with Crippen molar-refractivity contribution in [2.45, 2.75) is 25.8 Å². The fourth-order valence-corrected chi connectivity index (χ4v) is 4.04. The number of likely N-dealkylation sites (tertiary alicyclic amines) is 1. The lowest BCUT2D eigenvalue weighted by molar-refractivity contribution is -0.117. The maximum atomic E-state index is 12.8. The number of benzene rings is 2. The summed E-state index contributed by atoms with van der Waals surface area (Å²) in [7, 11) is 1.34. The molecule has 4 rings (SSSR count). The van der Waals surface area contributed by atoms with E-state index in [1.165, 1.54) is 7.11 Å². The molecule has 2 aliphatic heterocycles. The minimum Gasteiger partial charge on any atom is -0.486 e. The van der Waals surface area contributed by atoms with Gasteiger partial charge in [-0.3, -0.25) is 9.69 Å². The first-order chi connectivity index (χ1) is 14.5. The van der Waals surface area contributed by atoms with Gasteiger partial charge in [-0.15, -0.1) is 0 Å². The smallest absolute Gasteiger partial charge is 0.337 e. The molecular weight excluding hydrogens is 384 g/mol. The Morgan fingerprint density at radius 2 is 1.93 bits per heavy atom. The van der Waals surface area contributed by atoms with Crippen molar-refractivity contribution in [1.82, 2.24) is 4.90 Å². The van der Waals surface area contributed by atoms with Crippen molar-refractivity contribution in [3.63, 3.8) is 0 Å². The molecule has 0 unspecified atom stereocenters. The Kier molecular flexibility index (Phi) is 5.90. The zero-order chi connectivity index (χ0) is 21.1. The van der Waals surface area contributed by atoms with Gasteiger partial charge in [0.25, 0.3) is 0 Å². The van der Waals surface area contributed by atoms with Crippen LogP contribution in [-0.2, 0) is 9.53 Å². The molecule has 2 aromatic carbocycles. The van der Waals surface area contributed by atoms with Gasteiger partial charge in [-0.25, -0.2) is 4.79 Å². The number of aryl methyl sites for hydroxylation is 1. The van der Waals surface area contributed by atoms with Gasteiger partial charge in [0.2, 0.25) is 5.91 Å². The number of nitrogens with one attached hydrogen (secondary N) is 1. The van der Waals surface area contributed by atoms with Gasteiger partial charge >= 0.3 is 5.97 Å². The Morgan fingerprint density at radius 3 is 2.73 bits per heavy atom. The van der Waals surface area contributed by atoms with Crippen LogP contribution in [0.3, 0.4) is 0 Å². The topological polar surface area (TPSA) is 77.1 Å². The number of hydrogen-bond donors (Lipinski definition) is 1. The standard InChI is InChI=1S/C23H26N2O5/c1-15-5-6-17(23(27)28-2)12-18(15)24-22(26)14-25-9-3-4-19(25)16-7-8-20-21(13-16)30-11-10-29-20/h5-8,12-13,19H,3-4,9-11,14H2,1-2H3,(H,24,26)/t19-/m0/s1. The molecule has 7 nitrogen and oxygen atoms in total. The van der Waals surface area contributed by atoms with Gasteiger partial charge in [-0.05, 0) is 61.7 Å². The fraction of sp³-hybridized carbons (Fsp3) is 0.391. The van der Waals surface area contributed by atoms with Gasteiger partial charge in [-0.1, -0.05) is 12.1 Å². The minimum atomic E-state index is -0.427. The summed E-state index contributed by atoms with van der Waals surface area (Å²) in [6.45, 7) is 4.15. The predicted octanol–water partition coefficient (Wildman–Crippen LogP) is 3.33. The summed E-state index contributed by atoms with van der Waals surface area (Å²) in [6, 6.07) is 11.3. The Hall–Kier alpha value is -3.06. The SMILES string of the molecule is COC(=O)c1ccc(C)c(NC(=O)CN2CCC[C@H]2c2ccc3c(c2)OCCO3)c1. The van der Waals surface area contributed by atoms with Crippen molar-refractivity contribution in [2.24, 2.45) is 0 Å². The molecule has 0 bridgehead atoms. The van der Waals surface area contributed by atoms with E-state index in [1.807, 2.05) is 19.1 Å². The lowest BCUT2D eigenvalue weighted by Crippen LogP contribution is -2.33. The maximum Gasteiger partial charge on any atom is 0.337 e. The molecule has 2 aliphatic rings. The first-order valence-corrected chi connectivity index (χ1v) is 10.2. The van der Waals surface area contributed by atoms with Crippen molar-refractivity contribution in [1.29, 1.82) is 0 Å². The summed E-state index contributed by atoms with van der Waals surface area (Å²) in [5.74, 6) is 1.01. The van der Waals surface area contributed by atoms with Crippen molar-refractivity contribution in [3.8, 4) is 11.5 Å². The zero-order valence-electron chi connectivity index (χ0n) is 17.3. The number of carbonyl (C=O) groups is 2. The number of carbonyl (C=O) groups excluding carboxylic acids is 2. The molecule has 1 atom stereocenters. The normalized spacial score (nSPS) is 18.1. The summed E-state index contributed by atoms with van der Waals surface area (Å²) in [6.07, 6.45) is 2.02. The monoisotopic (exact) mass is 410 g/mol. The molecule has 158 valence electrons. The highest BCUT2D eigenvalue weighted by molar-refractivity contribution is 5.96. The summed E-state index contributed by atoms with van der Waals surface area (Å²) in [4.78, 5) is 26.7. The van der Waals surface area contributed by atoms with Crippen LogP contribution in [0.2, 0.25) is 0 Å². The molecule has 0 aliphatic carbocycles. The van der Waals surface area contributed by atoms with Gasteiger partial charge in [0.15, 0.2) is 11.5 Å². The Morgan fingerprint density at radius 1 is 1.13 bits per heavy atom. The molecule has 7 heteroatoms. The molecule has 1 N–H and O–H groups in total. The number of rotatable bonds is 5. The molecule has 2 heterocycles. The van der Waals surface area contributed by atoms with Gasteiger partial charge in [0, 0.05) is 11.7 Å². The van der Waals surface area contributed by atoms with E-state index in [9.17, 15) is 9.59 Å². The number of fused-ring (bicyclic) bond motifs is 1. The highest BCUT2D eigenvalue weighted by Crippen LogP contribution is 2.38. The zero-order valence-corrected chi connectivity index (χ0v) is 17.3. The quantitative estimate of drug-likeness (QED) is 0.762. The fourth-order valence-electron chi connectivity index (χ4n) is 4.04. The van der Waals surface area contributed by atoms with Crippen molar-refractivity contribution < 1.29 is 23.8 Å². The summed E-state index contributed by atoms with van der Waals surface area (Å²) >= 11 is 0. The van der Waals surface area contributed by atoms with Gasteiger partial charge in [0.1, 0.15) is 13.2 Å². The van der Waals surface area contributed by atoms with Crippen LogP contribution in [-0.4, -0.2) is 50.2 Å². The molecular formula is C23H26N2O5. The lowest BCUT2D eigenvalue weighted by atomic mass is 10.0. The average Bonchev–Trinajstić information content (AvgIpc) is 3.22. The molecule has 0 aromatic heterocycles. The van der Waals surface area contributed by atoms with Crippen molar-refractivity contribution >= 4 is 17.6 Å². The average molecular weight is 410 g/mol. The van der Waals surface area contributed by atoms with E-state index >= 15 is 0 Å². The van der Waals surface area contributed by atoms with Crippen LogP contribution >= 0.6 is 0 Å². The second kappa shape index (κ2) is 8.75. The summed E-state index contributed by atoms with van der Waals surface area (Å²) in [5.41, 5.74) is 3.06. The maximum absolute atomic E-state index is 12.8. The van der Waals surface area contributed by atoms with E-state index in [0.29, 0.717) is 24.5 Å². The number of hydrogen-bond acceptors (Lipinski definition) is 6. The predicted molar refractivity (Wildman–Crippen MR) is 112 cm³/mol. The third-order valence-electron chi connectivity index (χ3n) is 5.59. The largest absolute Gasteiger partial charge is 0.486 e. The molecule has 0 spiro atoms. The number of esters is 1. The molecule has 1 fully saturated rings. The first-order valence-electron chi connectivity index (χ1n) is 10.2. The van der Waals surface area contributed by atoms with Gasteiger partial charge < -0.3 is 19.5 Å². The molecule has 30 heavy (non-hydrogen) atoms. The third-order valence-corrected chi connectivity index (χ3v) is 5.59. The number of nitrogens with zero attached hydrogens (tertiary/aromatic N) is 1. The second-order valence-corrected chi connectivity index (χ2v) is 7.60. The molecule has 1 amide bonds. The van der Waals surface area contributed by atoms with Crippen molar-refractivity contribution in [2.75, 3.05) is 38.7 Å². The summed E-state index contributed by atoms with van der Waals surface area (Å²) < 4.78 is 16.1. The van der Waals surface area contributed by atoms with E-state index in [-0.39, 0.29) is 18.5 Å². The van der Waals surface area contributed by atoms with Crippen LogP contribution in [0.25, 0.3) is 0 Å². The van der Waals surface area contributed by atoms with E-state index in [4.69, 9.17) is 14.2 Å². The van der Waals surface area contributed by atoms with Crippen LogP contribution in [0.1, 0.15) is 40.4 Å². The Bertz CT molecular complexity index is 959. The highest BCUT2D eigenvalue weighted by atomic mass is 16.6. The Balaban J connectivity index is 1.45. The van der Waals surface area contributed by atoms with Crippen LogP contribution in [0.4, 0.5) is 5.69 Å². The second-order valence-electron chi connectivity index (χ2n) is 7.60. The van der Waals surface area contributed by atoms with E-state index in [0.717, 1.165) is 42.0 Å². The minimum absolute atomic E-state index is 0.107. The highest BCUT2D eigenvalue weighted by Gasteiger charge is 2.29. The molecule has 1 saturated heterocycles. The molecule has 0 radical (unpaired) electrons. The molecule has 0 saturated carbocycles. The van der Waals surface area contributed by atoms with Gasteiger partial charge in [-0.2, -0.15) is 0 Å². The number of anilines is 1. The van der Waals surface area contributed by atoms with Gasteiger partial charge in [0.05, 0.1) is 19.2 Å². The van der Waals surface area contributed by atoms with Crippen LogP contribution < -0.4 is 14.8 Å². The lowest BCUT2D eigenvalue weighted by Gasteiger charge is -2.26. The summed E-state index contributed by atoms with van der Waals surface area (Å²) in [5, 5.41) is 2.95. The number of ether oxygens (including phenoxy) is 3. The van der Waals surface area contributed by atoms with Crippen molar-refractivity contribution in [3.05, 3.63) is 53.1 Å². The third kappa shape index (κ3) is 4.26. The first kappa shape index (κ1) is 20.2. The Labute approximate surface area is 175 Å². The van der Waals surface area contributed by atoms with Crippen LogP contribution in [0, 0.1) is 6.92 Å². The number of amides is 1. The molecule has 2 aromatic rings.